The number of hydrogen-bond acceptors (Lipinski definition) is 3. The van der Waals surface area contributed by atoms with Gasteiger partial charge in [0, 0.05) is 15.9 Å². The number of carbonyl (C=O) groups is 1. The van der Waals surface area contributed by atoms with E-state index in [0.29, 0.717) is 16.5 Å². The minimum Gasteiger partial charge on any atom is -0.480 e. The maximum atomic E-state index is 10.8. The van der Waals surface area contributed by atoms with Gasteiger partial charge in [-0.2, -0.15) is 0 Å². The Balaban J connectivity index is 3.26. The standard InChI is InChI=1S/C7H6Br2O3/c1-2-3-4(8)5(6(9)10)12-7(3)11/h11H,2H2,1H3. The van der Waals surface area contributed by atoms with Gasteiger partial charge in [-0.3, -0.25) is 4.79 Å². The number of halogens is 2. The van der Waals surface area contributed by atoms with E-state index in [0.717, 1.165) is 0 Å². The second kappa shape index (κ2) is 3.62. The molecule has 1 heterocycles. The molecule has 0 saturated heterocycles. The second-order valence-electron chi connectivity index (χ2n) is 2.16. The maximum absolute atomic E-state index is 10.8. The summed E-state index contributed by atoms with van der Waals surface area (Å²) in [6, 6.07) is 0. The monoisotopic (exact) mass is 296 g/mol. The molecule has 0 bridgehead atoms. The SMILES string of the molecule is CCc1c(O)oc(C(=O)Br)c1Br. The summed E-state index contributed by atoms with van der Waals surface area (Å²) >= 11 is 5.89. The fourth-order valence-corrected chi connectivity index (χ4v) is 2.12. The predicted molar refractivity (Wildman–Crippen MR) is 50.7 cm³/mol. The van der Waals surface area contributed by atoms with Crippen LogP contribution in [0.4, 0.5) is 0 Å². The highest BCUT2D eigenvalue weighted by atomic mass is 79.9. The van der Waals surface area contributed by atoms with Gasteiger partial charge in [0.1, 0.15) is 0 Å². The third-order valence-corrected chi connectivity index (χ3v) is 2.65. The molecule has 66 valence electrons. The topological polar surface area (TPSA) is 50.4 Å². The van der Waals surface area contributed by atoms with Gasteiger partial charge in [0.05, 0.1) is 10.0 Å². The van der Waals surface area contributed by atoms with Crippen LogP contribution < -0.4 is 0 Å². The first kappa shape index (κ1) is 9.80. The third kappa shape index (κ3) is 1.56. The molecule has 0 atom stereocenters. The Morgan fingerprint density at radius 2 is 2.25 bits per heavy atom. The lowest BCUT2D eigenvalue weighted by Crippen LogP contribution is -1.85. The van der Waals surface area contributed by atoms with Crippen LogP contribution in [0.25, 0.3) is 0 Å². The molecular weight excluding hydrogens is 292 g/mol. The highest BCUT2D eigenvalue weighted by Crippen LogP contribution is 2.34. The van der Waals surface area contributed by atoms with E-state index in [1.165, 1.54) is 0 Å². The Bertz CT molecular complexity index is 317. The second-order valence-corrected chi connectivity index (χ2v) is 3.67. The zero-order valence-electron chi connectivity index (χ0n) is 6.23. The van der Waals surface area contributed by atoms with E-state index in [-0.39, 0.29) is 16.4 Å². The summed E-state index contributed by atoms with van der Waals surface area (Å²) in [6.07, 6.45) is 0.607. The molecule has 0 aromatic carbocycles. The average Bonchev–Trinajstić information content (AvgIpc) is 2.27. The van der Waals surface area contributed by atoms with Crippen molar-refractivity contribution in [3.8, 4) is 5.95 Å². The van der Waals surface area contributed by atoms with Crippen molar-refractivity contribution in [2.24, 2.45) is 0 Å². The van der Waals surface area contributed by atoms with Gasteiger partial charge in [0.2, 0.25) is 0 Å². The van der Waals surface area contributed by atoms with Crippen molar-refractivity contribution < 1.29 is 14.3 Å². The van der Waals surface area contributed by atoms with Gasteiger partial charge in [0.25, 0.3) is 10.6 Å². The molecule has 0 amide bonds. The van der Waals surface area contributed by atoms with E-state index >= 15 is 0 Å². The lowest BCUT2D eigenvalue weighted by molar-refractivity contribution is 0.106. The first-order valence-corrected chi connectivity index (χ1v) is 4.86. The molecule has 5 heteroatoms. The van der Waals surface area contributed by atoms with E-state index in [1.807, 2.05) is 6.92 Å². The van der Waals surface area contributed by atoms with Crippen LogP contribution in [0.2, 0.25) is 0 Å². The lowest BCUT2D eigenvalue weighted by atomic mass is 10.2. The van der Waals surface area contributed by atoms with Crippen molar-refractivity contribution in [2.45, 2.75) is 13.3 Å². The van der Waals surface area contributed by atoms with Crippen LogP contribution in [0.15, 0.2) is 8.89 Å². The Kier molecular flexibility index (Phi) is 2.95. The van der Waals surface area contributed by atoms with Crippen LogP contribution >= 0.6 is 31.9 Å². The van der Waals surface area contributed by atoms with Gasteiger partial charge in [-0.1, -0.05) is 6.92 Å². The molecule has 0 saturated carbocycles. The number of rotatable bonds is 2. The molecule has 1 rings (SSSR count). The first-order chi connectivity index (χ1) is 5.57. The van der Waals surface area contributed by atoms with Gasteiger partial charge in [-0.05, 0) is 22.4 Å². The number of carbonyl (C=O) groups excluding carboxylic acids is 1. The number of hydrogen-bond donors (Lipinski definition) is 1. The number of aromatic hydroxyl groups is 1. The van der Waals surface area contributed by atoms with E-state index in [1.54, 1.807) is 0 Å². The Hall–Kier alpha value is -0.290. The van der Waals surface area contributed by atoms with Crippen LogP contribution in [-0.4, -0.2) is 9.80 Å². The van der Waals surface area contributed by atoms with Gasteiger partial charge in [0.15, 0.2) is 5.76 Å². The van der Waals surface area contributed by atoms with Crippen molar-refractivity contribution in [1.29, 1.82) is 0 Å². The molecule has 0 spiro atoms. The van der Waals surface area contributed by atoms with Crippen molar-refractivity contribution in [3.63, 3.8) is 0 Å². The minimum absolute atomic E-state index is 0.101. The van der Waals surface area contributed by atoms with Crippen LogP contribution in [0.5, 0.6) is 5.95 Å². The molecule has 12 heavy (non-hydrogen) atoms. The van der Waals surface area contributed by atoms with E-state index in [4.69, 9.17) is 4.42 Å². The third-order valence-electron chi connectivity index (χ3n) is 1.45. The number of furan rings is 1. The van der Waals surface area contributed by atoms with Crippen LogP contribution in [0, 0.1) is 0 Å². The molecule has 0 aliphatic carbocycles. The summed E-state index contributed by atoms with van der Waals surface area (Å²) in [4.78, 5) is 10.8. The van der Waals surface area contributed by atoms with Gasteiger partial charge in [-0.15, -0.1) is 0 Å². The van der Waals surface area contributed by atoms with Crippen molar-refractivity contribution >= 4 is 36.6 Å². The van der Waals surface area contributed by atoms with Crippen molar-refractivity contribution in [2.75, 3.05) is 0 Å². The molecule has 1 aromatic rings. The van der Waals surface area contributed by atoms with Crippen molar-refractivity contribution in [1.82, 2.24) is 0 Å². The minimum atomic E-state index is -0.385. The Labute approximate surface area is 86.0 Å². The van der Waals surface area contributed by atoms with Crippen LogP contribution in [0.1, 0.15) is 23.0 Å². The smallest absolute Gasteiger partial charge is 0.287 e. The molecule has 0 aliphatic heterocycles. The van der Waals surface area contributed by atoms with Crippen molar-refractivity contribution in [3.05, 3.63) is 15.8 Å². The molecule has 3 nitrogen and oxygen atoms in total. The van der Waals surface area contributed by atoms with Crippen LogP contribution in [0.3, 0.4) is 0 Å². The molecule has 1 aromatic heterocycles. The summed E-state index contributed by atoms with van der Waals surface area (Å²) in [5.74, 6) is -0.100. The Morgan fingerprint density at radius 1 is 1.67 bits per heavy atom. The highest BCUT2D eigenvalue weighted by Gasteiger charge is 2.20. The average molecular weight is 298 g/mol. The first-order valence-electron chi connectivity index (χ1n) is 3.27. The maximum Gasteiger partial charge on any atom is 0.287 e. The highest BCUT2D eigenvalue weighted by molar-refractivity contribution is 9.18. The van der Waals surface area contributed by atoms with Gasteiger partial charge in [-0.25, -0.2) is 0 Å². The molecule has 0 radical (unpaired) electrons. The van der Waals surface area contributed by atoms with Crippen LogP contribution in [-0.2, 0) is 6.42 Å². The summed E-state index contributed by atoms with van der Waals surface area (Å²) < 4.78 is 4.94. The van der Waals surface area contributed by atoms with E-state index < -0.39 is 0 Å². The summed E-state index contributed by atoms with van der Waals surface area (Å²) in [7, 11) is 0. The predicted octanol–water partition coefficient (Wildman–Crippen LogP) is 2.85. The van der Waals surface area contributed by atoms with Gasteiger partial charge >= 0.3 is 0 Å². The quantitative estimate of drug-likeness (QED) is 0.854. The fraction of sp³-hybridized carbons (Fsp3) is 0.286. The van der Waals surface area contributed by atoms with E-state index in [9.17, 15) is 9.90 Å². The van der Waals surface area contributed by atoms with Gasteiger partial charge < -0.3 is 9.52 Å². The fourth-order valence-electron chi connectivity index (χ4n) is 0.867. The summed E-state index contributed by atoms with van der Waals surface area (Å²) in [5, 5.41) is 9.19. The summed E-state index contributed by atoms with van der Waals surface area (Å²) in [5.41, 5.74) is 0.609. The molecular formula is C7H6Br2O3. The normalized spacial score (nSPS) is 10.2. The zero-order chi connectivity index (χ0) is 9.30. The lowest BCUT2D eigenvalue weighted by Gasteiger charge is -1.89. The summed E-state index contributed by atoms with van der Waals surface area (Å²) in [6.45, 7) is 1.86. The largest absolute Gasteiger partial charge is 0.480 e. The van der Waals surface area contributed by atoms with E-state index in [2.05, 4.69) is 31.9 Å². The Morgan fingerprint density at radius 3 is 2.50 bits per heavy atom. The molecule has 0 aliphatic rings. The zero-order valence-corrected chi connectivity index (χ0v) is 9.40. The molecule has 1 N–H and O–H groups in total. The molecule has 0 unspecified atom stereocenters. The molecule has 0 fully saturated rings.